The predicted molar refractivity (Wildman–Crippen MR) is 97.8 cm³/mol. The van der Waals surface area contributed by atoms with Gasteiger partial charge in [-0.25, -0.2) is 4.39 Å². The first-order valence-electron chi connectivity index (χ1n) is 7.67. The monoisotopic (exact) mass is 374 g/mol. The Labute approximate surface area is 155 Å². The van der Waals surface area contributed by atoms with Crippen molar-refractivity contribution in [2.75, 3.05) is 19.0 Å². The van der Waals surface area contributed by atoms with Gasteiger partial charge in [-0.1, -0.05) is 17.7 Å². The number of amides is 1. The first-order valence-corrected chi connectivity index (χ1v) is 8.05. The van der Waals surface area contributed by atoms with E-state index in [0.29, 0.717) is 23.7 Å². The summed E-state index contributed by atoms with van der Waals surface area (Å²) in [5.41, 5.74) is 0.753. The van der Waals surface area contributed by atoms with Gasteiger partial charge in [-0.05, 0) is 48.9 Å². The molecule has 0 aliphatic carbocycles. The van der Waals surface area contributed by atoms with Gasteiger partial charge in [0.05, 0.1) is 18.7 Å². The van der Waals surface area contributed by atoms with Crippen molar-refractivity contribution >= 4 is 29.3 Å². The largest absolute Gasteiger partial charge is 0.493 e. The molecule has 5 nitrogen and oxygen atoms in total. The van der Waals surface area contributed by atoms with Crippen molar-refractivity contribution < 1.29 is 18.7 Å². The van der Waals surface area contributed by atoms with Gasteiger partial charge in [0, 0.05) is 5.69 Å². The van der Waals surface area contributed by atoms with Crippen LogP contribution in [0.2, 0.25) is 5.02 Å². The van der Waals surface area contributed by atoms with E-state index in [-0.39, 0.29) is 16.3 Å². The van der Waals surface area contributed by atoms with Crippen molar-refractivity contribution in [1.29, 1.82) is 5.26 Å². The van der Waals surface area contributed by atoms with Crippen LogP contribution in [0.4, 0.5) is 10.1 Å². The molecule has 26 heavy (non-hydrogen) atoms. The molecule has 2 aromatic rings. The Bertz CT molecular complexity index is 891. The fourth-order valence-electron chi connectivity index (χ4n) is 2.14. The highest BCUT2D eigenvalue weighted by Gasteiger charge is 2.12. The van der Waals surface area contributed by atoms with E-state index < -0.39 is 11.7 Å². The molecule has 134 valence electrons. The first-order chi connectivity index (χ1) is 12.5. The number of hydrogen-bond donors (Lipinski definition) is 1. The van der Waals surface area contributed by atoms with Crippen LogP contribution in [0.15, 0.2) is 42.0 Å². The molecule has 0 fully saturated rings. The lowest BCUT2D eigenvalue weighted by molar-refractivity contribution is -0.112. The zero-order valence-corrected chi connectivity index (χ0v) is 14.9. The number of carbonyl (C=O) groups excluding carboxylic acids is 1. The summed E-state index contributed by atoms with van der Waals surface area (Å²) in [5.74, 6) is -0.175. The van der Waals surface area contributed by atoms with Crippen molar-refractivity contribution in [3.63, 3.8) is 0 Å². The Morgan fingerprint density at radius 1 is 1.31 bits per heavy atom. The number of rotatable bonds is 6. The second-order valence-electron chi connectivity index (χ2n) is 5.10. The highest BCUT2D eigenvalue weighted by atomic mass is 35.5. The number of anilines is 1. The van der Waals surface area contributed by atoms with Crippen LogP contribution < -0.4 is 14.8 Å². The Balaban J connectivity index is 2.26. The fourth-order valence-corrected chi connectivity index (χ4v) is 2.32. The van der Waals surface area contributed by atoms with Crippen LogP contribution in [-0.2, 0) is 4.79 Å². The summed E-state index contributed by atoms with van der Waals surface area (Å²) in [6, 6.07) is 10.6. The minimum atomic E-state index is -0.635. The number of nitrogens with one attached hydrogen (secondary N) is 1. The van der Waals surface area contributed by atoms with E-state index in [1.165, 1.54) is 25.3 Å². The van der Waals surface area contributed by atoms with Gasteiger partial charge >= 0.3 is 0 Å². The summed E-state index contributed by atoms with van der Waals surface area (Å²) in [5, 5.41) is 11.7. The van der Waals surface area contributed by atoms with Gasteiger partial charge < -0.3 is 14.8 Å². The summed E-state index contributed by atoms with van der Waals surface area (Å²) in [6.45, 7) is 2.28. The highest BCUT2D eigenvalue weighted by molar-refractivity contribution is 6.31. The molecule has 0 aliphatic heterocycles. The number of nitrogens with zero attached hydrogens (tertiary/aromatic N) is 1. The quantitative estimate of drug-likeness (QED) is 0.599. The molecule has 0 spiro atoms. The maximum absolute atomic E-state index is 13.2. The number of halogens is 2. The minimum absolute atomic E-state index is 0.123. The Morgan fingerprint density at radius 2 is 2.08 bits per heavy atom. The maximum Gasteiger partial charge on any atom is 0.266 e. The average Bonchev–Trinajstić information content (AvgIpc) is 2.63. The fraction of sp³-hybridized carbons (Fsp3) is 0.158. The van der Waals surface area contributed by atoms with Gasteiger partial charge in [-0.2, -0.15) is 5.26 Å². The second-order valence-corrected chi connectivity index (χ2v) is 5.50. The van der Waals surface area contributed by atoms with Crippen LogP contribution in [-0.4, -0.2) is 19.6 Å². The van der Waals surface area contributed by atoms with Gasteiger partial charge in [0.25, 0.3) is 5.91 Å². The third-order valence-corrected chi connectivity index (χ3v) is 3.63. The van der Waals surface area contributed by atoms with Crippen molar-refractivity contribution in [3.8, 4) is 17.6 Å². The molecule has 0 radical (unpaired) electrons. The zero-order valence-electron chi connectivity index (χ0n) is 14.2. The van der Waals surface area contributed by atoms with E-state index in [4.69, 9.17) is 21.1 Å². The lowest BCUT2D eigenvalue weighted by atomic mass is 10.1. The third-order valence-electron chi connectivity index (χ3n) is 3.34. The number of methoxy groups -OCH3 is 1. The van der Waals surface area contributed by atoms with E-state index in [9.17, 15) is 14.4 Å². The van der Waals surface area contributed by atoms with E-state index in [1.807, 2.05) is 13.0 Å². The third kappa shape index (κ3) is 4.74. The summed E-state index contributed by atoms with van der Waals surface area (Å²) in [4.78, 5) is 12.3. The molecular formula is C19H16ClFN2O3. The van der Waals surface area contributed by atoms with Crippen LogP contribution in [0.1, 0.15) is 12.5 Å². The molecule has 2 rings (SSSR count). The predicted octanol–water partition coefficient (Wildman–Crippen LogP) is 4.43. The van der Waals surface area contributed by atoms with Gasteiger partial charge in [0.1, 0.15) is 17.5 Å². The first kappa shape index (κ1) is 19.3. The summed E-state index contributed by atoms with van der Waals surface area (Å²) in [7, 11) is 1.52. The van der Waals surface area contributed by atoms with Gasteiger partial charge in [-0.3, -0.25) is 4.79 Å². The Hall–Kier alpha value is -3.04. The van der Waals surface area contributed by atoms with Crippen LogP contribution in [0.5, 0.6) is 11.5 Å². The van der Waals surface area contributed by atoms with E-state index >= 15 is 0 Å². The van der Waals surface area contributed by atoms with Crippen LogP contribution in [0, 0.1) is 17.1 Å². The number of benzene rings is 2. The summed E-state index contributed by atoms with van der Waals surface area (Å²) >= 11 is 5.68. The lowest BCUT2D eigenvalue weighted by Gasteiger charge is -2.10. The molecule has 0 bridgehead atoms. The van der Waals surface area contributed by atoms with Gasteiger partial charge in [0.2, 0.25) is 0 Å². The molecule has 0 atom stereocenters. The Kier molecular flexibility index (Phi) is 6.59. The summed E-state index contributed by atoms with van der Waals surface area (Å²) < 4.78 is 23.9. The minimum Gasteiger partial charge on any atom is -0.493 e. The number of carbonyl (C=O) groups is 1. The van der Waals surface area contributed by atoms with Gasteiger partial charge in [0.15, 0.2) is 11.5 Å². The van der Waals surface area contributed by atoms with Crippen molar-refractivity contribution in [2.24, 2.45) is 0 Å². The smallest absolute Gasteiger partial charge is 0.266 e. The Morgan fingerprint density at radius 3 is 2.69 bits per heavy atom. The zero-order chi connectivity index (χ0) is 19.1. The molecule has 1 amide bonds. The number of ether oxygens (including phenoxy) is 2. The number of nitriles is 1. The van der Waals surface area contributed by atoms with Crippen LogP contribution >= 0.6 is 11.6 Å². The van der Waals surface area contributed by atoms with Crippen molar-refractivity contribution in [3.05, 3.63) is 58.4 Å². The molecule has 0 heterocycles. The lowest BCUT2D eigenvalue weighted by Crippen LogP contribution is -2.13. The van der Waals surface area contributed by atoms with Crippen molar-refractivity contribution in [1.82, 2.24) is 0 Å². The van der Waals surface area contributed by atoms with Crippen LogP contribution in [0.25, 0.3) is 6.08 Å². The molecule has 0 unspecified atom stereocenters. The van der Waals surface area contributed by atoms with Crippen LogP contribution in [0.3, 0.4) is 0 Å². The van der Waals surface area contributed by atoms with Crippen molar-refractivity contribution in [2.45, 2.75) is 6.92 Å². The SMILES string of the molecule is CCOc1cc(/C=C(\C#N)C(=O)Nc2ccc(F)c(Cl)c2)ccc1OC. The molecule has 0 saturated carbocycles. The molecule has 0 aromatic heterocycles. The summed E-state index contributed by atoms with van der Waals surface area (Å²) in [6.07, 6.45) is 1.42. The maximum atomic E-state index is 13.2. The number of hydrogen-bond acceptors (Lipinski definition) is 4. The van der Waals surface area contributed by atoms with E-state index in [2.05, 4.69) is 5.32 Å². The molecule has 1 N–H and O–H groups in total. The normalized spacial score (nSPS) is 10.8. The van der Waals surface area contributed by atoms with Gasteiger partial charge in [-0.15, -0.1) is 0 Å². The average molecular weight is 375 g/mol. The molecule has 0 saturated heterocycles. The highest BCUT2D eigenvalue weighted by Crippen LogP contribution is 2.29. The molecule has 7 heteroatoms. The molecule has 2 aromatic carbocycles. The standard InChI is InChI=1S/C19H16ClFN2O3/c1-3-26-18-9-12(4-7-17(18)25-2)8-13(11-22)19(24)23-14-5-6-16(21)15(20)10-14/h4-10H,3H2,1-2H3,(H,23,24)/b13-8+. The topological polar surface area (TPSA) is 71.3 Å². The second kappa shape index (κ2) is 8.88. The molecular weight excluding hydrogens is 359 g/mol. The van der Waals surface area contributed by atoms with E-state index in [0.717, 1.165) is 6.07 Å². The molecule has 0 aliphatic rings. The van der Waals surface area contributed by atoms with E-state index in [1.54, 1.807) is 18.2 Å².